The van der Waals surface area contributed by atoms with Crippen LogP contribution in [0.2, 0.25) is 0 Å². The average molecular weight is 300 g/mol. The fourth-order valence-electron chi connectivity index (χ4n) is 2.06. The van der Waals surface area contributed by atoms with Crippen LogP contribution in [0.25, 0.3) is 6.08 Å². The van der Waals surface area contributed by atoms with Crippen LogP contribution in [0.3, 0.4) is 0 Å². The number of thioether (sulfide) groups is 1. The van der Waals surface area contributed by atoms with E-state index in [0.29, 0.717) is 0 Å². The predicted molar refractivity (Wildman–Crippen MR) is 92.5 cm³/mol. The number of hydrogen-bond donors (Lipinski definition) is 0. The van der Waals surface area contributed by atoms with Gasteiger partial charge < -0.3 is 4.57 Å². The van der Waals surface area contributed by atoms with E-state index in [4.69, 9.17) is 0 Å². The highest BCUT2D eigenvalue weighted by Gasteiger charge is 1.97. The van der Waals surface area contributed by atoms with E-state index in [2.05, 4.69) is 59.8 Å². The first-order chi connectivity index (χ1) is 10.2. The first-order valence-corrected chi connectivity index (χ1v) is 8.58. The molecule has 0 radical (unpaired) electrons. The van der Waals surface area contributed by atoms with Gasteiger partial charge in [0, 0.05) is 23.8 Å². The maximum absolute atomic E-state index is 4.03. The minimum Gasteiger partial charge on any atom is -0.334 e. The largest absolute Gasteiger partial charge is 0.334 e. The van der Waals surface area contributed by atoms with Gasteiger partial charge in [-0.25, -0.2) is 4.98 Å². The molecule has 0 aliphatic heterocycles. The molecule has 1 heterocycles. The van der Waals surface area contributed by atoms with Crippen molar-refractivity contribution in [1.82, 2.24) is 9.55 Å². The summed E-state index contributed by atoms with van der Waals surface area (Å²) in [6.45, 7) is 5.44. The second-order valence-corrected chi connectivity index (χ2v) is 6.78. The minimum absolute atomic E-state index is 0.814. The summed E-state index contributed by atoms with van der Waals surface area (Å²) < 4.78 is 2.05. The molecule has 21 heavy (non-hydrogen) atoms. The molecule has 0 N–H and O–H groups in total. The summed E-state index contributed by atoms with van der Waals surface area (Å²) in [5, 5.41) is 0. The van der Waals surface area contributed by atoms with Crippen LogP contribution in [-0.4, -0.2) is 15.3 Å². The third kappa shape index (κ3) is 6.21. The van der Waals surface area contributed by atoms with E-state index in [9.17, 15) is 0 Å². The summed E-state index contributed by atoms with van der Waals surface area (Å²) in [6, 6.07) is 8.82. The predicted octanol–water partition coefficient (Wildman–Crippen LogP) is 5.12. The van der Waals surface area contributed by atoms with Gasteiger partial charge in [0.25, 0.3) is 0 Å². The van der Waals surface area contributed by atoms with Crippen LogP contribution in [-0.2, 0) is 6.54 Å². The van der Waals surface area contributed by atoms with Gasteiger partial charge in [0.1, 0.15) is 0 Å². The van der Waals surface area contributed by atoms with Crippen LogP contribution < -0.4 is 0 Å². The summed E-state index contributed by atoms with van der Waals surface area (Å²) in [6.07, 6.45) is 12.6. The van der Waals surface area contributed by atoms with Crippen molar-refractivity contribution in [3.05, 3.63) is 54.6 Å². The highest BCUT2D eigenvalue weighted by molar-refractivity contribution is 7.99. The normalized spacial score (nSPS) is 11.6. The van der Waals surface area contributed by atoms with Crippen molar-refractivity contribution in [1.29, 1.82) is 0 Å². The molecule has 0 spiro atoms. The Morgan fingerprint density at radius 3 is 2.71 bits per heavy atom. The number of benzene rings is 1. The van der Waals surface area contributed by atoms with Crippen molar-refractivity contribution in [2.75, 3.05) is 5.75 Å². The summed E-state index contributed by atoms with van der Waals surface area (Å²) in [4.78, 5) is 5.40. The van der Waals surface area contributed by atoms with Gasteiger partial charge in [0.2, 0.25) is 0 Å². The number of nitrogens with zero attached hydrogens (tertiary/aromatic N) is 2. The van der Waals surface area contributed by atoms with Gasteiger partial charge >= 0.3 is 0 Å². The third-order valence-corrected chi connectivity index (χ3v) is 4.36. The standard InChI is InChI=1S/C18H24N2S/c1-16(2)5-4-14-21-18-9-7-17(8-10-18)6-3-12-20-13-11-19-15-20/h3,6-11,13,15-16H,4-5,12,14H2,1-2H3. The highest BCUT2D eigenvalue weighted by Crippen LogP contribution is 2.21. The topological polar surface area (TPSA) is 17.8 Å². The number of allylic oxidation sites excluding steroid dienone is 1. The molecule has 1 aromatic heterocycles. The maximum atomic E-state index is 4.03. The lowest BCUT2D eigenvalue weighted by atomic mass is 10.1. The Bertz CT molecular complexity index is 527. The molecule has 0 saturated carbocycles. The van der Waals surface area contributed by atoms with E-state index in [1.807, 2.05) is 24.3 Å². The molecule has 0 saturated heterocycles. The Morgan fingerprint density at radius 2 is 2.05 bits per heavy atom. The first kappa shape index (κ1) is 15.9. The number of imidazole rings is 1. The molecule has 0 unspecified atom stereocenters. The first-order valence-electron chi connectivity index (χ1n) is 7.59. The van der Waals surface area contributed by atoms with Gasteiger partial charge in [-0.15, -0.1) is 11.8 Å². The lowest BCUT2D eigenvalue weighted by Gasteiger charge is -2.04. The molecular formula is C18H24N2S. The zero-order valence-electron chi connectivity index (χ0n) is 12.9. The Hall–Kier alpha value is -1.48. The summed E-state index contributed by atoms with van der Waals surface area (Å²) in [5.41, 5.74) is 1.25. The molecule has 0 amide bonds. The molecule has 3 heteroatoms. The third-order valence-electron chi connectivity index (χ3n) is 3.26. The molecule has 0 aliphatic rings. The highest BCUT2D eigenvalue weighted by atomic mass is 32.2. The van der Waals surface area contributed by atoms with Crippen LogP contribution in [0, 0.1) is 5.92 Å². The lowest BCUT2D eigenvalue weighted by Crippen LogP contribution is -1.89. The van der Waals surface area contributed by atoms with Crippen molar-refractivity contribution in [2.24, 2.45) is 5.92 Å². The average Bonchev–Trinajstić information content (AvgIpc) is 2.98. The van der Waals surface area contributed by atoms with Crippen molar-refractivity contribution in [3.63, 3.8) is 0 Å². The second-order valence-electron chi connectivity index (χ2n) is 5.62. The SMILES string of the molecule is CC(C)CCCSc1ccc(C=CCn2ccnc2)cc1. The fraction of sp³-hybridized carbons (Fsp3) is 0.389. The van der Waals surface area contributed by atoms with Crippen molar-refractivity contribution < 1.29 is 0 Å². The van der Waals surface area contributed by atoms with Crippen LogP contribution >= 0.6 is 11.8 Å². The smallest absolute Gasteiger partial charge is 0.0948 e. The molecular weight excluding hydrogens is 276 g/mol. The van der Waals surface area contributed by atoms with E-state index < -0.39 is 0 Å². The molecule has 2 rings (SSSR count). The maximum Gasteiger partial charge on any atom is 0.0948 e. The number of rotatable bonds is 8. The van der Waals surface area contributed by atoms with Crippen LogP contribution in [0.15, 0.2) is 54.0 Å². The van der Waals surface area contributed by atoms with Gasteiger partial charge in [-0.05, 0) is 35.8 Å². The monoisotopic (exact) mass is 300 g/mol. The van der Waals surface area contributed by atoms with Crippen LogP contribution in [0.1, 0.15) is 32.3 Å². The molecule has 0 fully saturated rings. The van der Waals surface area contributed by atoms with E-state index in [1.165, 1.54) is 29.1 Å². The molecule has 0 aliphatic carbocycles. The fourth-order valence-corrected chi connectivity index (χ4v) is 2.94. The summed E-state index contributed by atoms with van der Waals surface area (Å²) >= 11 is 1.96. The van der Waals surface area contributed by atoms with Crippen LogP contribution in [0.4, 0.5) is 0 Å². The van der Waals surface area contributed by atoms with E-state index in [-0.39, 0.29) is 0 Å². The minimum atomic E-state index is 0.814. The number of aromatic nitrogens is 2. The van der Waals surface area contributed by atoms with Crippen molar-refractivity contribution in [3.8, 4) is 0 Å². The van der Waals surface area contributed by atoms with Crippen LogP contribution in [0.5, 0.6) is 0 Å². The molecule has 112 valence electrons. The van der Waals surface area contributed by atoms with Crippen molar-refractivity contribution >= 4 is 17.8 Å². The zero-order chi connectivity index (χ0) is 14.9. The Labute approximate surface area is 132 Å². The van der Waals surface area contributed by atoms with Gasteiger partial charge in [-0.3, -0.25) is 0 Å². The zero-order valence-corrected chi connectivity index (χ0v) is 13.7. The van der Waals surface area contributed by atoms with E-state index in [0.717, 1.165) is 12.5 Å². The van der Waals surface area contributed by atoms with Gasteiger partial charge in [-0.2, -0.15) is 0 Å². The summed E-state index contributed by atoms with van der Waals surface area (Å²) in [5.74, 6) is 2.03. The van der Waals surface area contributed by atoms with E-state index in [1.54, 1.807) is 6.20 Å². The summed E-state index contributed by atoms with van der Waals surface area (Å²) in [7, 11) is 0. The quantitative estimate of drug-likeness (QED) is 0.497. The van der Waals surface area contributed by atoms with Crippen molar-refractivity contribution in [2.45, 2.75) is 38.1 Å². The molecule has 1 aromatic carbocycles. The van der Waals surface area contributed by atoms with Gasteiger partial charge in [0.15, 0.2) is 0 Å². The molecule has 2 nitrogen and oxygen atoms in total. The Morgan fingerprint density at radius 1 is 1.24 bits per heavy atom. The molecule has 0 atom stereocenters. The number of hydrogen-bond acceptors (Lipinski definition) is 2. The van der Waals surface area contributed by atoms with Gasteiger partial charge in [-0.1, -0.05) is 44.6 Å². The molecule has 2 aromatic rings. The van der Waals surface area contributed by atoms with E-state index >= 15 is 0 Å². The molecule has 0 bridgehead atoms. The Balaban J connectivity index is 1.75. The Kier molecular flexibility index (Phi) is 6.61. The van der Waals surface area contributed by atoms with Gasteiger partial charge in [0.05, 0.1) is 6.33 Å². The lowest BCUT2D eigenvalue weighted by molar-refractivity contribution is 0.579. The second kappa shape index (κ2) is 8.73.